The maximum absolute atomic E-state index is 12.3. The number of ether oxygens (including phenoxy) is 1. The number of benzene rings is 2. The van der Waals surface area contributed by atoms with Crippen molar-refractivity contribution >= 4 is 16.9 Å². The summed E-state index contributed by atoms with van der Waals surface area (Å²) in [7, 11) is 0. The second-order valence-corrected chi connectivity index (χ2v) is 6.14. The van der Waals surface area contributed by atoms with Crippen LogP contribution in [0.3, 0.4) is 0 Å². The average molecular weight is 367 g/mol. The largest absolute Gasteiger partial charge is 0.456 e. The summed E-state index contributed by atoms with van der Waals surface area (Å²) >= 11 is 0. The van der Waals surface area contributed by atoms with Crippen molar-refractivity contribution in [1.29, 1.82) is 0 Å². The molecule has 0 unspecified atom stereocenters. The summed E-state index contributed by atoms with van der Waals surface area (Å²) in [6, 6.07) is 13.8. The molecular formula is C21H21NO5. The van der Waals surface area contributed by atoms with E-state index in [0.717, 1.165) is 11.1 Å². The van der Waals surface area contributed by atoms with Crippen molar-refractivity contribution in [1.82, 2.24) is 5.32 Å². The van der Waals surface area contributed by atoms with Crippen molar-refractivity contribution in [2.45, 2.75) is 6.92 Å². The van der Waals surface area contributed by atoms with Crippen LogP contribution in [0.5, 0.6) is 0 Å². The highest BCUT2D eigenvalue weighted by Gasteiger charge is 2.09. The number of aryl methyl sites for hydroxylation is 1. The van der Waals surface area contributed by atoms with Gasteiger partial charge in [0.1, 0.15) is 11.3 Å². The van der Waals surface area contributed by atoms with Gasteiger partial charge < -0.3 is 19.6 Å². The first-order valence-corrected chi connectivity index (χ1v) is 8.70. The molecule has 0 saturated heterocycles. The Kier molecular flexibility index (Phi) is 6.01. The minimum Gasteiger partial charge on any atom is -0.456 e. The molecule has 0 aliphatic heterocycles. The molecule has 1 aromatic heterocycles. The zero-order valence-electron chi connectivity index (χ0n) is 15.0. The Morgan fingerprint density at radius 2 is 1.89 bits per heavy atom. The number of amides is 1. The Bertz CT molecular complexity index is 992. The van der Waals surface area contributed by atoms with Gasteiger partial charge in [0.25, 0.3) is 5.91 Å². The molecule has 0 atom stereocenters. The van der Waals surface area contributed by atoms with Gasteiger partial charge in [0.05, 0.1) is 25.2 Å². The first kappa shape index (κ1) is 18.8. The third-order valence-corrected chi connectivity index (χ3v) is 4.08. The number of fused-ring (bicyclic) bond motifs is 1. The van der Waals surface area contributed by atoms with Crippen LogP contribution in [0.4, 0.5) is 0 Å². The van der Waals surface area contributed by atoms with E-state index in [1.54, 1.807) is 30.3 Å². The van der Waals surface area contributed by atoms with Crippen LogP contribution in [0.25, 0.3) is 22.3 Å². The van der Waals surface area contributed by atoms with Gasteiger partial charge in [0.2, 0.25) is 0 Å². The summed E-state index contributed by atoms with van der Waals surface area (Å²) in [5.74, 6) is 0.241. The van der Waals surface area contributed by atoms with Crippen LogP contribution in [0.15, 0.2) is 57.7 Å². The number of carbonyl (C=O) groups is 1. The number of carbonyl (C=O) groups excluding carboxylic acids is 1. The predicted octanol–water partition coefficient (Wildman–Crippen LogP) is 2.51. The van der Waals surface area contributed by atoms with Crippen molar-refractivity contribution in [3.63, 3.8) is 0 Å². The number of rotatable bonds is 7. The molecule has 27 heavy (non-hydrogen) atoms. The van der Waals surface area contributed by atoms with E-state index in [2.05, 4.69) is 5.32 Å². The molecule has 1 heterocycles. The van der Waals surface area contributed by atoms with Gasteiger partial charge in [-0.2, -0.15) is 0 Å². The SMILES string of the molecule is Cc1ccc2oc(-c3ccc(C(=O)NCCOCCO)cc3)cc(=O)c2c1. The molecule has 140 valence electrons. The van der Waals surface area contributed by atoms with E-state index in [1.807, 2.05) is 19.1 Å². The van der Waals surface area contributed by atoms with Crippen LogP contribution >= 0.6 is 0 Å². The predicted molar refractivity (Wildman–Crippen MR) is 103 cm³/mol. The van der Waals surface area contributed by atoms with Gasteiger partial charge in [-0.3, -0.25) is 9.59 Å². The van der Waals surface area contributed by atoms with Crippen LogP contribution in [-0.4, -0.2) is 37.4 Å². The lowest BCUT2D eigenvalue weighted by Crippen LogP contribution is -2.27. The first-order chi connectivity index (χ1) is 13.1. The fourth-order valence-corrected chi connectivity index (χ4v) is 2.70. The number of aliphatic hydroxyl groups is 1. The van der Waals surface area contributed by atoms with E-state index in [9.17, 15) is 9.59 Å². The van der Waals surface area contributed by atoms with Crippen LogP contribution in [0.1, 0.15) is 15.9 Å². The zero-order chi connectivity index (χ0) is 19.2. The lowest BCUT2D eigenvalue weighted by atomic mass is 10.1. The van der Waals surface area contributed by atoms with Gasteiger partial charge in [-0.1, -0.05) is 23.8 Å². The highest BCUT2D eigenvalue weighted by molar-refractivity contribution is 5.94. The molecule has 6 nitrogen and oxygen atoms in total. The van der Waals surface area contributed by atoms with Gasteiger partial charge in [-0.25, -0.2) is 0 Å². The molecule has 1 amide bonds. The smallest absolute Gasteiger partial charge is 0.251 e. The van der Waals surface area contributed by atoms with Gasteiger partial charge in [-0.05, 0) is 31.2 Å². The fourth-order valence-electron chi connectivity index (χ4n) is 2.70. The third-order valence-electron chi connectivity index (χ3n) is 4.08. The second kappa shape index (κ2) is 8.62. The molecule has 3 aromatic rings. The third kappa shape index (κ3) is 4.61. The first-order valence-electron chi connectivity index (χ1n) is 8.70. The molecule has 0 spiro atoms. The number of hydrogen-bond donors (Lipinski definition) is 2. The molecule has 0 aliphatic rings. The van der Waals surface area contributed by atoms with Crippen LogP contribution in [-0.2, 0) is 4.74 Å². The number of aliphatic hydroxyl groups excluding tert-OH is 1. The normalized spacial score (nSPS) is 10.9. The lowest BCUT2D eigenvalue weighted by Gasteiger charge is -2.07. The summed E-state index contributed by atoms with van der Waals surface area (Å²) in [6.45, 7) is 2.84. The maximum atomic E-state index is 12.3. The monoisotopic (exact) mass is 367 g/mol. The summed E-state index contributed by atoms with van der Waals surface area (Å²) in [4.78, 5) is 24.4. The van der Waals surface area contributed by atoms with Gasteiger partial charge >= 0.3 is 0 Å². The average Bonchev–Trinajstić information content (AvgIpc) is 2.68. The quantitative estimate of drug-likeness (QED) is 0.627. The van der Waals surface area contributed by atoms with Crippen molar-refractivity contribution in [2.75, 3.05) is 26.4 Å². The molecule has 2 aromatic carbocycles. The second-order valence-electron chi connectivity index (χ2n) is 6.14. The van der Waals surface area contributed by atoms with Gasteiger partial charge in [-0.15, -0.1) is 0 Å². The Labute approximate surface area is 156 Å². The zero-order valence-corrected chi connectivity index (χ0v) is 15.0. The van der Waals surface area contributed by atoms with Gasteiger partial charge in [0.15, 0.2) is 5.43 Å². The van der Waals surface area contributed by atoms with Crippen molar-refractivity contribution in [2.24, 2.45) is 0 Å². The molecule has 0 saturated carbocycles. The van der Waals surface area contributed by atoms with Crippen LogP contribution < -0.4 is 10.7 Å². The molecule has 0 aliphatic carbocycles. The Balaban J connectivity index is 1.73. The summed E-state index contributed by atoms with van der Waals surface area (Å²) in [5.41, 5.74) is 2.66. The molecular weight excluding hydrogens is 346 g/mol. The highest BCUT2D eigenvalue weighted by Crippen LogP contribution is 2.23. The van der Waals surface area contributed by atoms with E-state index in [1.165, 1.54) is 6.07 Å². The molecule has 6 heteroatoms. The van der Waals surface area contributed by atoms with Crippen molar-refractivity contribution < 1.29 is 19.1 Å². The summed E-state index contributed by atoms with van der Waals surface area (Å²) < 4.78 is 10.9. The van der Waals surface area contributed by atoms with E-state index in [-0.39, 0.29) is 24.5 Å². The number of nitrogens with one attached hydrogen (secondary N) is 1. The highest BCUT2D eigenvalue weighted by atomic mass is 16.5. The molecule has 0 radical (unpaired) electrons. The maximum Gasteiger partial charge on any atom is 0.251 e. The standard InChI is InChI=1S/C21H21NO5/c1-14-2-7-19-17(12-14)18(24)13-20(27-19)15-3-5-16(6-4-15)21(25)22-8-10-26-11-9-23/h2-7,12-13,23H,8-11H2,1H3,(H,22,25). The van der Waals surface area contributed by atoms with Crippen LogP contribution in [0, 0.1) is 6.92 Å². The molecule has 2 N–H and O–H groups in total. The van der Waals surface area contributed by atoms with E-state index in [4.69, 9.17) is 14.3 Å². The summed E-state index contributed by atoms with van der Waals surface area (Å²) in [5, 5.41) is 11.9. The minimum atomic E-state index is -0.218. The van der Waals surface area contributed by atoms with Crippen molar-refractivity contribution in [3.8, 4) is 11.3 Å². The van der Waals surface area contributed by atoms with E-state index in [0.29, 0.717) is 35.4 Å². The molecule has 0 bridgehead atoms. The minimum absolute atomic E-state index is 0.0418. The van der Waals surface area contributed by atoms with E-state index >= 15 is 0 Å². The molecule has 0 fully saturated rings. The fraction of sp³-hybridized carbons (Fsp3) is 0.238. The van der Waals surface area contributed by atoms with Crippen molar-refractivity contribution in [3.05, 3.63) is 69.9 Å². The van der Waals surface area contributed by atoms with Crippen LogP contribution in [0.2, 0.25) is 0 Å². The summed E-state index contributed by atoms with van der Waals surface area (Å²) in [6.07, 6.45) is 0. The van der Waals surface area contributed by atoms with Gasteiger partial charge in [0, 0.05) is 23.7 Å². The number of hydrogen-bond acceptors (Lipinski definition) is 5. The molecule has 3 rings (SSSR count). The topological polar surface area (TPSA) is 88.8 Å². The Morgan fingerprint density at radius 1 is 1.11 bits per heavy atom. The van der Waals surface area contributed by atoms with E-state index < -0.39 is 0 Å². The Morgan fingerprint density at radius 3 is 2.63 bits per heavy atom. The Hall–Kier alpha value is -2.96. The lowest BCUT2D eigenvalue weighted by molar-refractivity contribution is 0.0838.